The Balaban J connectivity index is 1.88. The summed E-state index contributed by atoms with van der Waals surface area (Å²) in [6.45, 7) is 1.90. The Hall–Kier alpha value is -3.57. The summed E-state index contributed by atoms with van der Waals surface area (Å²) < 4.78 is 0. The van der Waals surface area contributed by atoms with Crippen molar-refractivity contribution in [2.75, 3.05) is 5.32 Å². The number of halogens is 1. The quantitative estimate of drug-likeness (QED) is 0.293. The standard InChI is InChI=1S/C19H18ClN5O5S/c1-2-3-16(26)21-13-7-4-11(5-8-13)18(28)23-24-19(31)22-17(27)12-6-9-14(20)15(10-12)25(29)30/h4-10H,2-3H2,1H3,(H,21,26)(H,23,28)(H2,22,24,27,31). The molecule has 0 saturated carbocycles. The number of nitro groups is 1. The molecule has 3 amide bonds. The molecule has 2 aromatic rings. The average molecular weight is 464 g/mol. The number of rotatable bonds is 6. The molecule has 0 aromatic heterocycles. The molecule has 31 heavy (non-hydrogen) atoms. The monoisotopic (exact) mass is 463 g/mol. The third-order valence-electron chi connectivity index (χ3n) is 3.83. The SMILES string of the molecule is CCCC(=O)Nc1ccc(C(=O)NNC(=S)NC(=O)c2ccc(Cl)c([N+](=O)[O-])c2)cc1. The number of nitrogens with one attached hydrogen (secondary N) is 4. The highest BCUT2D eigenvalue weighted by Crippen LogP contribution is 2.24. The van der Waals surface area contributed by atoms with E-state index in [2.05, 4.69) is 21.5 Å². The second-order valence-corrected chi connectivity index (χ2v) is 6.98. The number of anilines is 1. The summed E-state index contributed by atoms with van der Waals surface area (Å²) >= 11 is 10.6. The zero-order valence-electron chi connectivity index (χ0n) is 16.2. The normalized spacial score (nSPS) is 10.0. The fraction of sp³-hybridized carbons (Fsp3) is 0.158. The molecule has 0 aliphatic heterocycles. The number of benzene rings is 2. The fourth-order valence-corrected chi connectivity index (χ4v) is 2.67. The van der Waals surface area contributed by atoms with E-state index in [0.29, 0.717) is 12.1 Å². The van der Waals surface area contributed by atoms with Crippen molar-refractivity contribution in [3.8, 4) is 0 Å². The van der Waals surface area contributed by atoms with Crippen LogP contribution in [-0.2, 0) is 4.79 Å². The highest BCUT2D eigenvalue weighted by molar-refractivity contribution is 7.80. The van der Waals surface area contributed by atoms with Gasteiger partial charge in [0.2, 0.25) is 5.91 Å². The Morgan fingerprint density at radius 3 is 2.29 bits per heavy atom. The molecule has 0 saturated heterocycles. The van der Waals surface area contributed by atoms with Crippen LogP contribution < -0.4 is 21.5 Å². The van der Waals surface area contributed by atoms with Crippen LogP contribution in [0.2, 0.25) is 5.02 Å². The summed E-state index contributed by atoms with van der Waals surface area (Å²) in [5, 5.41) is 15.6. The predicted octanol–water partition coefficient (Wildman–Crippen LogP) is 2.94. The maximum atomic E-state index is 12.2. The first-order valence-electron chi connectivity index (χ1n) is 8.96. The van der Waals surface area contributed by atoms with Crippen molar-refractivity contribution in [2.45, 2.75) is 19.8 Å². The van der Waals surface area contributed by atoms with Crippen LogP contribution in [0.25, 0.3) is 0 Å². The second-order valence-electron chi connectivity index (χ2n) is 6.16. The van der Waals surface area contributed by atoms with E-state index in [0.717, 1.165) is 12.5 Å². The largest absolute Gasteiger partial charge is 0.326 e. The van der Waals surface area contributed by atoms with Gasteiger partial charge in [-0.3, -0.25) is 40.7 Å². The number of nitrogens with zero attached hydrogens (tertiary/aromatic N) is 1. The molecule has 0 heterocycles. The predicted molar refractivity (Wildman–Crippen MR) is 119 cm³/mol. The van der Waals surface area contributed by atoms with E-state index in [-0.39, 0.29) is 27.2 Å². The van der Waals surface area contributed by atoms with Crippen molar-refractivity contribution in [2.24, 2.45) is 0 Å². The molecule has 162 valence electrons. The number of hydrogen-bond acceptors (Lipinski definition) is 6. The molecule has 2 aromatic carbocycles. The van der Waals surface area contributed by atoms with Crippen molar-refractivity contribution in [1.82, 2.24) is 16.2 Å². The molecular formula is C19H18ClN5O5S. The smallest absolute Gasteiger partial charge is 0.288 e. The van der Waals surface area contributed by atoms with Crippen LogP contribution in [0.15, 0.2) is 42.5 Å². The molecule has 12 heteroatoms. The van der Waals surface area contributed by atoms with E-state index < -0.39 is 22.4 Å². The van der Waals surface area contributed by atoms with E-state index >= 15 is 0 Å². The fourth-order valence-electron chi connectivity index (χ4n) is 2.34. The lowest BCUT2D eigenvalue weighted by Gasteiger charge is -2.11. The van der Waals surface area contributed by atoms with Crippen molar-refractivity contribution >= 4 is 58.0 Å². The number of nitro benzene ring substituents is 1. The number of thiocarbonyl (C=S) groups is 1. The first-order valence-corrected chi connectivity index (χ1v) is 9.75. The van der Waals surface area contributed by atoms with Crippen LogP contribution in [0.5, 0.6) is 0 Å². The van der Waals surface area contributed by atoms with Gasteiger partial charge < -0.3 is 5.32 Å². The molecule has 0 spiro atoms. The van der Waals surface area contributed by atoms with Gasteiger partial charge in [0.15, 0.2) is 5.11 Å². The van der Waals surface area contributed by atoms with Crippen LogP contribution in [-0.4, -0.2) is 27.8 Å². The van der Waals surface area contributed by atoms with Gasteiger partial charge in [0.05, 0.1) is 4.92 Å². The third-order valence-corrected chi connectivity index (χ3v) is 4.35. The van der Waals surface area contributed by atoms with Gasteiger partial charge in [-0.15, -0.1) is 0 Å². The van der Waals surface area contributed by atoms with Gasteiger partial charge in [0.25, 0.3) is 17.5 Å². The number of carbonyl (C=O) groups excluding carboxylic acids is 3. The highest BCUT2D eigenvalue weighted by atomic mass is 35.5. The summed E-state index contributed by atoms with van der Waals surface area (Å²) in [4.78, 5) is 46.1. The van der Waals surface area contributed by atoms with Crippen molar-refractivity contribution < 1.29 is 19.3 Å². The minimum absolute atomic E-state index is 0.0349. The van der Waals surface area contributed by atoms with Crippen molar-refractivity contribution in [3.63, 3.8) is 0 Å². The maximum Gasteiger partial charge on any atom is 0.288 e. The van der Waals surface area contributed by atoms with Crippen molar-refractivity contribution in [3.05, 3.63) is 68.7 Å². The van der Waals surface area contributed by atoms with Crippen LogP contribution in [0, 0.1) is 10.1 Å². The van der Waals surface area contributed by atoms with E-state index in [1.165, 1.54) is 24.3 Å². The molecule has 0 unspecified atom stereocenters. The second kappa shape index (κ2) is 11.0. The van der Waals surface area contributed by atoms with Gasteiger partial charge in [0.1, 0.15) is 5.02 Å². The molecular weight excluding hydrogens is 446 g/mol. The zero-order chi connectivity index (χ0) is 23.0. The van der Waals surface area contributed by atoms with Crippen LogP contribution in [0.4, 0.5) is 11.4 Å². The molecule has 0 aliphatic rings. The molecule has 0 aliphatic carbocycles. The molecule has 2 rings (SSSR count). The van der Waals surface area contributed by atoms with Crippen molar-refractivity contribution in [1.29, 1.82) is 0 Å². The maximum absolute atomic E-state index is 12.2. The molecule has 10 nitrogen and oxygen atoms in total. The van der Waals surface area contributed by atoms with Gasteiger partial charge in [-0.1, -0.05) is 18.5 Å². The minimum atomic E-state index is -0.723. The third kappa shape index (κ3) is 7.01. The van der Waals surface area contributed by atoms with Crippen LogP contribution in [0.3, 0.4) is 0 Å². The van der Waals surface area contributed by atoms with E-state index in [4.69, 9.17) is 23.8 Å². The lowest BCUT2D eigenvalue weighted by atomic mass is 10.2. The number of hydrogen-bond donors (Lipinski definition) is 4. The lowest BCUT2D eigenvalue weighted by molar-refractivity contribution is -0.384. The Morgan fingerprint density at radius 2 is 1.68 bits per heavy atom. The van der Waals surface area contributed by atoms with Gasteiger partial charge >= 0.3 is 0 Å². The topological polar surface area (TPSA) is 142 Å². The summed E-state index contributed by atoms with van der Waals surface area (Å²) in [5.41, 5.74) is 5.06. The number of amides is 3. The Morgan fingerprint density at radius 1 is 1.03 bits per heavy atom. The first-order chi connectivity index (χ1) is 14.7. The summed E-state index contributed by atoms with van der Waals surface area (Å²) in [7, 11) is 0. The first kappa shape index (κ1) is 23.7. The highest BCUT2D eigenvalue weighted by Gasteiger charge is 2.17. The Labute approximate surface area is 187 Å². The van der Waals surface area contributed by atoms with Gasteiger partial charge in [0, 0.05) is 29.3 Å². The average Bonchev–Trinajstić information content (AvgIpc) is 2.72. The van der Waals surface area contributed by atoms with Gasteiger partial charge in [-0.2, -0.15) is 0 Å². The molecule has 0 fully saturated rings. The van der Waals surface area contributed by atoms with Gasteiger partial charge in [-0.25, -0.2) is 0 Å². The molecule has 4 N–H and O–H groups in total. The Kier molecular flexibility index (Phi) is 8.41. The molecule has 0 radical (unpaired) electrons. The van der Waals surface area contributed by atoms with Gasteiger partial charge in [-0.05, 0) is 55.0 Å². The minimum Gasteiger partial charge on any atom is -0.326 e. The van der Waals surface area contributed by atoms with Crippen LogP contribution in [0.1, 0.15) is 40.5 Å². The molecule has 0 atom stereocenters. The Bertz CT molecular complexity index is 1030. The van der Waals surface area contributed by atoms with Crippen LogP contribution >= 0.6 is 23.8 Å². The number of carbonyl (C=O) groups is 3. The van der Waals surface area contributed by atoms with E-state index in [1.54, 1.807) is 12.1 Å². The zero-order valence-corrected chi connectivity index (χ0v) is 17.8. The summed E-state index contributed by atoms with van der Waals surface area (Å²) in [6, 6.07) is 9.71. The lowest BCUT2D eigenvalue weighted by Crippen LogP contribution is -2.48. The van der Waals surface area contributed by atoms with E-state index in [9.17, 15) is 24.5 Å². The summed E-state index contributed by atoms with van der Waals surface area (Å²) in [5.74, 6) is -1.38. The number of hydrazine groups is 1. The van der Waals surface area contributed by atoms with E-state index in [1.807, 2.05) is 6.92 Å². The molecule has 0 bridgehead atoms. The summed E-state index contributed by atoms with van der Waals surface area (Å²) in [6.07, 6.45) is 1.13.